The van der Waals surface area contributed by atoms with Gasteiger partial charge in [-0.15, -0.1) is 0 Å². The summed E-state index contributed by atoms with van der Waals surface area (Å²) in [5, 5.41) is -0.189. The lowest BCUT2D eigenvalue weighted by Gasteiger charge is -2.49. The van der Waals surface area contributed by atoms with Gasteiger partial charge in [0.2, 0.25) is 0 Å². The van der Waals surface area contributed by atoms with Gasteiger partial charge in [-0.1, -0.05) is 129 Å². The van der Waals surface area contributed by atoms with E-state index in [2.05, 4.69) is 41.5 Å². The number of rotatable bonds is 6. The first-order valence-corrected chi connectivity index (χ1v) is 16.5. The molecule has 2 aromatic rings. The fraction of sp³-hybridized carbons (Fsp3) is 0.448. The minimum Gasteiger partial charge on any atom is -0.166 e. The van der Waals surface area contributed by atoms with Gasteiger partial charge in [0.15, 0.2) is 0 Å². The topological polar surface area (TPSA) is 0 Å². The second-order valence-corrected chi connectivity index (χ2v) is 20.0. The Morgan fingerprint density at radius 3 is 1.16 bits per heavy atom. The van der Waals surface area contributed by atoms with Gasteiger partial charge in [0.25, 0.3) is 0 Å². The van der Waals surface area contributed by atoms with Gasteiger partial charge in [-0.25, -0.2) is 0 Å². The minimum absolute atomic E-state index is 0.0786. The van der Waals surface area contributed by atoms with Crippen LogP contribution in [0.25, 0.3) is 0 Å². The van der Waals surface area contributed by atoms with E-state index in [9.17, 15) is 26.3 Å². The summed E-state index contributed by atoms with van der Waals surface area (Å²) in [4.78, 5) is 0. The van der Waals surface area contributed by atoms with Crippen molar-refractivity contribution in [2.75, 3.05) is 0 Å². The van der Waals surface area contributed by atoms with Crippen molar-refractivity contribution in [2.45, 2.75) is 76.3 Å². The molecule has 0 saturated carbocycles. The molecular formula is C29H35F6P3. The van der Waals surface area contributed by atoms with Gasteiger partial charge in [-0.2, -0.15) is 26.3 Å². The molecule has 0 heterocycles. The van der Waals surface area contributed by atoms with E-state index in [1.807, 2.05) is 6.92 Å². The number of benzene rings is 2. The Morgan fingerprint density at radius 1 is 0.579 bits per heavy atom. The summed E-state index contributed by atoms with van der Waals surface area (Å²) in [5.74, 6) is -10.1. The molecule has 0 radical (unpaired) electrons. The van der Waals surface area contributed by atoms with Gasteiger partial charge in [0, 0.05) is 5.92 Å². The quantitative estimate of drug-likeness (QED) is 0.232. The van der Waals surface area contributed by atoms with Gasteiger partial charge in [-0.05, 0) is 37.2 Å². The summed E-state index contributed by atoms with van der Waals surface area (Å²) in [5.41, 5.74) is -0.405. The average molecular weight is 591 g/mol. The molecule has 0 fully saturated rings. The first-order chi connectivity index (χ1) is 17.3. The Labute approximate surface area is 226 Å². The normalized spacial score (nSPS) is 19.7. The monoisotopic (exact) mass is 590 g/mol. The fourth-order valence-electron chi connectivity index (χ4n) is 5.87. The lowest BCUT2D eigenvalue weighted by molar-refractivity contribution is -0.0389. The Morgan fingerprint density at radius 2 is 0.895 bits per heavy atom. The van der Waals surface area contributed by atoms with E-state index in [1.165, 1.54) is 36.4 Å². The van der Waals surface area contributed by atoms with Crippen LogP contribution in [0.15, 0.2) is 83.4 Å². The molecule has 0 aromatic heterocycles. The third kappa shape index (κ3) is 6.92. The predicted molar refractivity (Wildman–Crippen MR) is 154 cm³/mol. The van der Waals surface area contributed by atoms with Gasteiger partial charge in [0.1, 0.15) is 0 Å². The fourth-order valence-corrected chi connectivity index (χ4v) is 15.7. The molecule has 0 bridgehead atoms. The highest BCUT2D eigenvalue weighted by molar-refractivity contribution is 7.72. The maximum Gasteiger partial charge on any atom is 0.413 e. The first kappa shape index (κ1) is 31.3. The highest BCUT2D eigenvalue weighted by atomic mass is 31.1. The van der Waals surface area contributed by atoms with Crippen molar-refractivity contribution < 1.29 is 26.3 Å². The van der Waals surface area contributed by atoms with Crippen LogP contribution in [0, 0.1) is 5.92 Å². The van der Waals surface area contributed by atoms with Gasteiger partial charge in [0.05, 0.1) is 15.8 Å². The van der Waals surface area contributed by atoms with E-state index in [-0.39, 0.29) is 31.5 Å². The first-order valence-electron chi connectivity index (χ1n) is 12.4. The van der Waals surface area contributed by atoms with Crippen LogP contribution < -0.4 is 10.6 Å². The van der Waals surface area contributed by atoms with Crippen LogP contribution in [0.3, 0.4) is 0 Å². The molecule has 3 atom stereocenters. The smallest absolute Gasteiger partial charge is 0.166 e. The molecule has 0 amide bonds. The lowest BCUT2D eigenvalue weighted by atomic mass is 10.1. The number of allylic oxidation sites excluding steroid dienone is 4. The third-order valence-corrected chi connectivity index (χ3v) is 15.0. The maximum absolute atomic E-state index is 14.8. The molecule has 1 aliphatic carbocycles. The summed E-state index contributed by atoms with van der Waals surface area (Å²) in [6.45, 7) is 14.2. The summed E-state index contributed by atoms with van der Waals surface area (Å²) in [7, 11) is -6.74. The van der Waals surface area contributed by atoms with Gasteiger partial charge >= 0.3 is 11.8 Å². The zero-order valence-corrected chi connectivity index (χ0v) is 25.4. The van der Waals surface area contributed by atoms with Crippen molar-refractivity contribution in [3.63, 3.8) is 0 Å². The van der Waals surface area contributed by atoms with E-state index < -0.39 is 47.2 Å². The van der Waals surface area contributed by atoms with E-state index in [4.69, 9.17) is 0 Å². The molecule has 9 heteroatoms. The van der Waals surface area contributed by atoms with Gasteiger partial charge < -0.3 is 0 Å². The predicted octanol–water partition coefficient (Wildman–Crippen LogP) is 10.5. The Hall–Kier alpha value is -1.21. The van der Waals surface area contributed by atoms with Crippen LogP contribution in [0.1, 0.15) is 48.5 Å². The summed E-state index contributed by atoms with van der Waals surface area (Å²) >= 11 is 0. The third-order valence-electron chi connectivity index (χ3n) is 6.45. The van der Waals surface area contributed by atoms with Crippen molar-refractivity contribution in [3.05, 3.63) is 83.4 Å². The van der Waals surface area contributed by atoms with E-state index >= 15 is 0 Å². The average Bonchev–Trinajstić information content (AvgIpc) is 3.15. The van der Waals surface area contributed by atoms with Crippen molar-refractivity contribution in [3.8, 4) is 0 Å². The van der Waals surface area contributed by atoms with Crippen LogP contribution in [0.5, 0.6) is 0 Å². The highest BCUT2D eigenvalue weighted by Crippen LogP contribution is 2.74. The SMILES string of the molecule is CC(C1C(P(c2ccccc2)C(F)(F)F)=CC=C1P(c1ccccc1)C(F)(F)F)P(C(C)(C)C)C(C)(C)C. The minimum atomic E-state index is -4.59. The molecule has 0 saturated heterocycles. The van der Waals surface area contributed by atoms with Crippen molar-refractivity contribution in [1.29, 1.82) is 0 Å². The van der Waals surface area contributed by atoms with Crippen LogP contribution in [0.4, 0.5) is 26.3 Å². The van der Waals surface area contributed by atoms with Crippen LogP contribution >= 0.6 is 23.8 Å². The number of hydrogen-bond donors (Lipinski definition) is 0. The molecule has 1 aliphatic rings. The Balaban J connectivity index is 2.27. The van der Waals surface area contributed by atoms with Crippen molar-refractivity contribution >= 4 is 34.4 Å². The maximum atomic E-state index is 14.8. The molecule has 3 rings (SSSR count). The van der Waals surface area contributed by atoms with E-state index in [0.29, 0.717) is 0 Å². The van der Waals surface area contributed by atoms with E-state index in [0.717, 1.165) is 0 Å². The molecule has 2 aromatic carbocycles. The zero-order valence-electron chi connectivity index (χ0n) is 22.7. The largest absolute Gasteiger partial charge is 0.413 e. The number of halogens is 6. The molecular weight excluding hydrogens is 555 g/mol. The number of hydrogen-bond acceptors (Lipinski definition) is 0. The molecule has 0 nitrogen and oxygen atoms in total. The molecule has 0 aliphatic heterocycles. The summed E-state index contributed by atoms with van der Waals surface area (Å²) in [6, 6.07) is 15.3. The molecule has 0 N–H and O–H groups in total. The standard InChI is InChI=1S/C29H35F6P3/c1-20(38(26(2,3)4)27(5,6)7)25-23(36(28(30,31)32)21-14-10-8-11-15-21)18-19-24(25)37(29(33,34)35)22-16-12-9-13-17-22/h8-20,25H,1-7H3. The van der Waals surface area contributed by atoms with Crippen molar-refractivity contribution in [2.24, 2.45) is 5.92 Å². The molecule has 38 heavy (non-hydrogen) atoms. The second-order valence-electron chi connectivity index (χ2n) is 11.4. The zero-order chi connectivity index (χ0) is 28.7. The summed E-state index contributed by atoms with van der Waals surface area (Å²) in [6.07, 6.45) is 2.73. The van der Waals surface area contributed by atoms with Crippen LogP contribution in [0.2, 0.25) is 0 Å². The van der Waals surface area contributed by atoms with Crippen LogP contribution in [-0.4, -0.2) is 27.8 Å². The van der Waals surface area contributed by atoms with Crippen LogP contribution in [-0.2, 0) is 0 Å². The van der Waals surface area contributed by atoms with Gasteiger partial charge in [-0.3, -0.25) is 0 Å². The Kier molecular flexibility index (Phi) is 9.35. The molecule has 3 unspecified atom stereocenters. The van der Waals surface area contributed by atoms with E-state index in [1.54, 1.807) is 36.4 Å². The second kappa shape index (κ2) is 11.3. The summed E-state index contributed by atoms with van der Waals surface area (Å²) < 4.78 is 88.8. The lowest BCUT2D eigenvalue weighted by Crippen LogP contribution is -2.36. The molecule has 208 valence electrons. The van der Waals surface area contributed by atoms with Crippen molar-refractivity contribution in [1.82, 2.24) is 0 Å². The Bertz CT molecular complexity index is 1050. The number of alkyl halides is 6. The highest BCUT2D eigenvalue weighted by Gasteiger charge is 2.54. The molecule has 0 spiro atoms.